The summed E-state index contributed by atoms with van der Waals surface area (Å²) in [5, 5.41) is 3.36. The molecule has 0 radical (unpaired) electrons. The molecule has 0 aliphatic rings. The monoisotopic (exact) mass is 375 g/mol. The Balaban J connectivity index is 1.80. The molecule has 0 spiro atoms. The van der Waals surface area contributed by atoms with Gasteiger partial charge in [0.15, 0.2) is 0 Å². The number of nitrogens with one attached hydrogen (secondary N) is 1. The molecule has 0 saturated carbocycles. The van der Waals surface area contributed by atoms with Crippen LogP contribution in [-0.2, 0) is 22.8 Å². The van der Waals surface area contributed by atoms with Gasteiger partial charge < -0.3 is 9.73 Å². The quantitative estimate of drug-likeness (QED) is 0.616. The smallest absolute Gasteiger partial charge is 0.416 e. The van der Waals surface area contributed by atoms with E-state index in [4.69, 9.17) is 4.42 Å². The molecule has 1 heterocycles. The fraction of sp³-hybridized carbons (Fsp3) is 0.286. The molecule has 0 fully saturated rings. The normalized spacial score (nSPS) is 12.4. The fourth-order valence-electron chi connectivity index (χ4n) is 2.84. The van der Waals surface area contributed by atoms with Crippen LogP contribution in [0.4, 0.5) is 18.9 Å². The summed E-state index contributed by atoms with van der Waals surface area (Å²) in [4.78, 5) is 12.3. The van der Waals surface area contributed by atoms with Crippen molar-refractivity contribution in [3.63, 3.8) is 0 Å². The molecule has 0 atom stereocenters. The lowest BCUT2D eigenvalue weighted by molar-refractivity contribution is -0.137. The SMILES string of the molecule is CC(C)(C)c1ccc2occ(CC(=O)Nc3cccc(C(F)(F)F)c3)c2c1. The maximum atomic E-state index is 12.8. The van der Waals surface area contributed by atoms with Crippen LogP contribution in [0.3, 0.4) is 0 Å². The molecule has 3 nitrogen and oxygen atoms in total. The zero-order chi connectivity index (χ0) is 19.8. The van der Waals surface area contributed by atoms with Gasteiger partial charge in [0.1, 0.15) is 5.58 Å². The first-order chi connectivity index (χ1) is 12.5. The molecule has 0 bridgehead atoms. The van der Waals surface area contributed by atoms with Crippen molar-refractivity contribution in [1.29, 1.82) is 0 Å². The van der Waals surface area contributed by atoms with Crippen LogP contribution in [0.15, 0.2) is 53.1 Å². The number of rotatable bonds is 3. The fourth-order valence-corrected chi connectivity index (χ4v) is 2.84. The molecular weight excluding hydrogens is 355 g/mol. The minimum atomic E-state index is -4.45. The number of hydrogen-bond donors (Lipinski definition) is 1. The maximum Gasteiger partial charge on any atom is 0.416 e. The molecule has 0 aliphatic heterocycles. The molecule has 3 rings (SSSR count). The molecule has 0 aliphatic carbocycles. The van der Waals surface area contributed by atoms with Crippen LogP contribution in [0.5, 0.6) is 0 Å². The van der Waals surface area contributed by atoms with Gasteiger partial charge in [0.25, 0.3) is 0 Å². The Labute approximate surface area is 155 Å². The van der Waals surface area contributed by atoms with E-state index in [1.165, 1.54) is 18.4 Å². The minimum absolute atomic E-state index is 0.0108. The molecule has 2 aromatic carbocycles. The summed E-state index contributed by atoms with van der Waals surface area (Å²) in [5.41, 5.74) is 1.73. The first-order valence-electron chi connectivity index (χ1n) is 8.52. The van der Waals surface area contributed by atoms with E-state index < -0.39 is 17.6 Å². The van der Waals surface area contributed by atoms with Crippen LogP contribution in [-0.4, -0.2) is 5.91 Å². The van der Waals surface area contributed by atoms with Crippen molar-refractivity contribution in [2.45, 2.75) is 38.8 Å². The number of halogens is 3. The van der Waals surface area contributed by atoms with Crippen LogP contribution in [0.2, 0.25) is 0 Å². The Morgan fingerprint density at radius 1 is 1.04 bits per heavy atom. The number of anilines is 1. The summed E-state index contributed by atoms with van der Waals surface area (Å²) in [7, 11) is 0. The molecule has 142 valence electrons. The molecule has 0 unspecified atom stereocenters. The molecule has 3 aromatic rings. The van der Waals surface area contributed by atoms with Crippen LogP contribution < -0.4 is 5.32 Å². The van der Waals surface area contributed by atoms with Crippen LogP contribution >= 0.6 is 0 Å². The maximum absolute atomic E-state index is 12.8. The number of amides is 1. The molecular formula is C21H20F3NO2. The van der Waals surface area contributed by atoms with Gasteiger partial charge in [-0.2, -0.15) is 13.2 Å². The zero-order valence-corrected chi connectivity index (χ0v) is 15.3. The van der Waals surface area contributed by atoms with Gasteiger partial charge >= 0.3 is 6.18 Å². The van der Waals surface area contributed by atoms with Crippen LogP contribution in [0.1, 0.15) is 37.5 Å². The number of furan rings is 1. The second kappa shape index (κ2) is 6.76. The average Bonchev–Trinajstić information content (AvgIpc) is 2.95. The number of fused-ring (bicyclic) bond motifs is 1. The topological polar surface area (TPSA) is 42.2 Å². The first-order valence-corrected chi connectivity index (χ1v) is 8.52. The highest BCUT2D eigenvalue weighted by atomic mass is 19.4. The van der Waals surface area contributed by atoms with Crippen LogP contribution in [0.25, 0.3) is 11.0 Å². The van der Waals surface area contributed by atoms with Crippen molar-refractivity contribution in [3.05, 3.63) is 65.4 Å². The highest BCUT2D eigenvalue weighted by molar-refractivity contribution is 5.95. The Hall–Kier alpha value is -2.76. The van der Waals surface area contributed by atoms with Crippen molar-refractivity contribution >= 4 is 22.6 Å². The van der Waals surface area contributed by atoms with Crippen molar-refractivity contribution in [2.24, 2.45) is 0 Å². The van der Waals surface area contributed by atoms with Gasteiger partial charge in [0.2, 0.25) is 5.91 Å². The molecule has 1 amide bonds. The second-order valence-electron chi connectivity index (χ2n) is 7.53. The summed E-state index contributed by atoms with van der Waals surface area (Å²) >= 11 is 0. The van der Waals surface area contributed by atoms with E-state index in [2.05, 4.69) is 26.1 Å². The molecule has 1 N–H and O–H groups in total. The summed E-state index contributed by atoms with van der Waals surface area (Å²) in [6.45, 7) is 6.27. The van der Waals surface area contributed by atoms with E-state index in [0.29, 0.717) is 11.1 Å². The van der Waals surface area contributed by atoms with Gasteiger partial charge in [-0.15, -0.1) is 0 Å². The van der Waals surface area contributed by atoms with E-state index in [0.717, 1.165) is 23.1 Å². The lowest BCUT2D eigenvalue weighted by atomic mass is 9.86. The van der Waals surface area contributed by atoms with E-state index in [1.807, 2.05) is 18.2 Å². The lowest BCUT2D eigenvalue weighted by Gasteiger charge is -2.18. The third kappa shape index (κ3) is 4.32. The second-order valence-corrected chi connectivity index (χ2v) is 7.53. The minimum Gasteiger partial charge on any atom is -0.464 e. The van der Waals surface area contributed by atoms with Gasteiger partial charge in [-0.05, 0) is 41.3 Å². The Kier molecular flexibility index (Phi) is 4.76. The zero-order valence-electron chi connectivity index (χ0n) is 15.3. The first kappa shape index (κ1) is 19.0. The molecule has 0 saturated heterocycles. The largest absolute Gasteiger partial charge is 0.464 e. The summed E-state index contributed by atoms with van der Waals surface area (Å²) in [6.07, 6.45) is -2.93. The molecule has 6 heteroatoms. The molecule has 1 aromatic heterocycles. The highest BCUT2D eigenvalue weighted by Gasteiger charge is 2.30. The predicted octanol–water partition coefficient (Wildman–Crippen LogP) is 5.93. The number of benzene rings is 2. The van der Waals surface area contributed by atoms with Gasteiger partial charge in [-0.25, -0.2) is 0 Å². The van der Waals surface area contributed by atoms with Crippen molar-refractivity contribution in [2.75, 3.05) is 5.32 Å². The Morgan fingerprint density at radius 3 is 2.44 bits per heavy atom. The van der Waals surface area contributed by atoms with Crippen molar-refractivity contribution in [1.82, 2.24) is 0 Å². The van der Waals surface area contributed by atoms with E-state index in [9.17, 15) is 18.0 Å². The van der Waals surface area contributed by atoms with E-state index >= 15 is 0 Å². The number of carbonyl (C=O) groups excluding carboxylic acids is 1. The van der Waals surface area contributed by atoms with E-state index in [-0.39, 0.29) is 17.5 Å². The summed E-state index contributed by atoms with van der Waals surface area (Å²) in [6, 6.07) is 10.4. The van der Waals surface area contributed by atoms with Gasteiger partial charge in [-0.1, -0.05) is 32.9 Å². The van der Waals surface area contributed by atoms with Crippen molar-refractivity contribution in [3.8, 4) is 0 Å². The lowest BCUT2D eigenvalue weighted by Crippen LogP contribution is -2.15. The third-order valence-corrected chi connectivity index (χ3v) is 4.34. The molecule has 27 heavy (non-hydrogen) atoms. The summed E-state index contributed by atoms with van der Waals surface area (Å²) < 4.78 is 43.9. The third-order valence-electron chi connectivity index (χ3n) is 4.34. The average molecular weight is 375 g/mol. The van der Waals surface area contributed by atoms with E-state index in [1.54, 1.807) is 0 Å². The number of hydrogen-bond acceptors (Lipinski definition) is 2. The van der Waals surface area contributed by atoms with Gasteiger partial charge in [0.05, 0.1) is 18.2 Å². The van der Waals surface area contributed by atoms with Gasteiger partial charge in [0, 0.05) is 16.6 Å². The predicted molar refractivity (Wildman–Crippen MR) is 98.7 cm³/mol. The summed E-state index contributed by atoms with van der Waals surface area (Å²) in [5.74, 6) is -0.404. The highest BCUT2D eigenvalue weighted by Crippen LogP contribution is 2.31. The number of carbonyl (C=O) groups is 1. The number of alkyl halides is 3. The standard InChI is InChI=1S/C21H20F3NO2/c1-20(2,3)14-7-8-18-17(11-14)13(12-27-18)9-19(26)25-16-6-4-5-15(10-16)21(22,23)24/h4-8,10-12H,9H2,1-3H3,(H,25,26). The Morgan fingerprint density at radius 2 is 1.78 bits per heavy atom. The Bertz CT molecular complexity index is 981. The van der Waals surface area contributed by atoms with Crippen molar-refractivity contribution < 1.29 is 22.4 Å². The van der Waals surface area contributed by atoms with Gasteiger partial charge in [-0.3, -0.25) is 4.79 Å². The van der Waals surface area contributed by atoms with Crippen LogP contribution in [0, 0.1) is 0 Å².